The highest BCUT2D eigenvalue weighted by atomic mass is 32.1. The van der Waals surface area contributed by atoms with Gasteiger partial charge in [-0.3, -0.25) is 14.5 Å². The fourth-order valence-electron chi connectivity index (χ4n) is 1.92. The Labute approximate surface area is 119 Å². The maximum atomic E-state index is 11.8. The first-order chi connectivity index (χ1) is 9.36. The highest BCUT2D eigenvalue weighted by molar-refractivity contribution is 7.14. The second-order valence-electron chi connectivity index (χ2n) is 4.90. The first-order valence-corrected chi connectivity index (χ1v) is 7.05. The molecule has 2 aromatic heterocycles. The number of hydrogen-bond acceptors (Lipinski definition) is 6. The molecule has 1 N–H and O–H groups in total. The molecule has 0 aromatic carbocycles. The summed E-state index contributed by atoms with van der Waals surface area (Å²) in [7, 11) is 0. The molecule has 2 aromatic rings. The molecule has 2 heterocycles. The first kappa shape index (κ1) is 14.6. The normalized spacial score (nSPS) is 12.2. The molecule has 0 saturated heterocycles. The molecule has 0 aliphatic rings. The van der Waals surface area contributed by atoms with E-state index in [0.29, 0.717) is 23.7 Å². The quantitative estimate of drug-likeness (QED) is 0.879. The number of aromatic nitrogens is 3. The van der Waals surface area contributed by atoms with Crippen molar-refractivity contribution in [2.24, 2.45) is 0 Å². The number of rotatable bonds is 5. The van der Waals surface area contributed by atoms with Crippen LogP contribution in [0.1, 0.15) is 26.5 Å². The van der Waals surface area contributed by atoms with E-state index in [9.17, 15) is 14.7 Å². The van der Waals surface area contributed by atoms with E-state index in [4.69, 9.17) is 0 Å². The van der Waals surface area contributed by atoms with Crippen LogP contribution >= 0.6 is 11.3 Å². The van der Waals surface area contributed by atoms with Crippen LogP contribution in [0.5, 0.6) is 0 Å². The molecule has 8 heteroatoms. The van der Waals surface area contributed by atoms with Crippen molar-refractivity contribution < 1.29 is 9.90 Å². The summed E-state index contributed by atoms with van der Waals surface area (Å²) in [6.07, 6.45) is 0. The predicted molar refractivity (Wildman–Crippen MR) is 74.9 cm³/mol. The Morgan fingerprint density at radius 3 is 2.85 bits per heavy atom. The minimum absolute atomic E-state index is 0.254. The highest BCUT2D eigenvalue weighted by Gasteiger charge is 2.33. The van der Waals surface area contributed by atoms with Gasteiger partial charge in [-0.05, 0) is 20.4 Å². The third kappa shape index (κ3) is 2.56. The summed E-state index contributed by atoms with van der Waals surface area (Å²) in [6.45, 7) is 6.00. The minimum Gasteiger partial charge on any atom is -0.480 e. The fourth-order valence-corrected chi connectivity index (χ4v) is 2.56. The molecule has 0 unspecified atom stereocenters. The molecule has 0 radical (unpaired) electrons. The number of nitrogens with zero attached hydrogens (tertiary/aromatic N) is 4. The summed E-state index contributed by atoms with van der Waals surface area (Å²) < 4.78 is 1.23. The zero-order chi connectivity index (χ0) is 14.9. The van der Waals surface area contributed by atoms with Crippen molar-refractivity contribution in [3.63, 3.8) is 0 Å². The Hall–Kier alpha value is -1.80. The number of aliphatic carboxylic acids is 1. The Morgan fingerprint density at radius 2 is 2.25 bits per heavy atom. The van der Waals surface area contributed by atoms with Gasteiger partial charge in [0.1, 0.15) is 11.0 Å². The third-order valence-electron chi connectivity index (χ3n) is 3.29. The second-order valence-corrected chi connectivity index (χ2v) is 5.71. The number of hydrogen-bond donors (Lipinski definition) is 1. The molecule has 0 atom stereocenters. The molecule has 0 aliphatic carbocycles. The molecule has 108 valence electrons. The molecule has 2 rings (SSSR count). The number of carbonyl (C=O) groups is 1. The first-order valence-electron chi connectivity index (χ1n) is 6.17. The van der Waals surface area contributed by atoms with Gasteiger partial charge in [-0.15, -0.1) is 0 Å². The van der Waals surface area contributed by atoms with Gasteiger partial charge in [0.15, 0.2) is 0 Å². The predicted octanol–water partition coefficient (Wildman–Crippen LogP) is 0.836. The Balaban J connectivity index is 2.35. The number of carboxylic acid groups (broad SMARTS) is 1. The van der Waals surface area contributed by atoms with Gasteiger partial charge in [-0.1, -0.05) is 18.3 Å². The van der Waals surface area contributed by atoms with Gasteiger partial charge in [0.2, 0.25) is 4.96 Å². The molecule has 0 bridgehead atoms. The van der Waals surface area contributed by atoms with Gasteiger partial charge in [0.25, 0.3) is 5.56 Å². The Kier molecular flexibility index (Phi) is 3.87. The lowest BCUT2D eigenvalue weighted by molar-refractivity contribution is -0.149. The van der Waals surface area contributed by atoms with Crippen molar-refractivity contribution in [3.8, 4) is 0 Å². The van der Waals surface area contributed by atoms with E-state index in [1.54, 1.807) is 24.3 Å². The van der Waals surface area contributed by atoms with E-state index >= 15 is 0 Å². The van der Waals surface area contributed by atoms with E-state index in [2.05, 4.69) is 10.1 Å². The summed E-state index contributed by atoms with van der Waals surface area (Å²) in [5, 5.41) is 13.2. The zero-order valence-electron chi connectivity index (χ0n) is 11.5. The maximum absolute atomic E-state index is 11.8. The van der Waals surface area contributed by atoms with Gasteiger partial charge < -0.3 is 5.11 Å². The number of fused-ring (bicyclic) bond motifs is 1. The van der Waals surface area contributed by atoms with Crippen molar-refractivity contribution in [1.29, 1.82) is 0 Å². The number of likely N-dealkylation sites (N-methyl/N-ethyl adjacent to an activating group) is 1. The Morgan fingerprint density at radius 1 is 1.55 bits per heavy atom. The van der Waals surface area contributed by atoms with Crippen molar-refractivity contribution in [1.82, 2.24) is 19.5 Å². The summed E-state index contributed by atoms with van der Waals surface area (Å²) in [6, 6.07) is 1.40. The number of carboxylic acids is 1. The van der Waals surface area contributed by atoms with Crippen molar-refractivity contribution in [2.45, 2.75) is 32.9 Å². The molecule has 7 nitrogen and oxygen atoms in total. The van der Waals surface area contributed by atoms with Gasteiger partial charge >= 0.3 is 5.97 Å². The molecule has 0 fully saturated rings. The molecule has 0 spiro atoms. The van der Waals surface area contributed by atoms with Crippen LogP contribution < -0.4 is 5.56 Å². The van der Waals surface area contributed by atoms with E-state index in [-0.39, 0.29) is 5.56 Å². The second kappa shape index (κ2) is 5.29. The van der Waals surface area contributed by atoms with Crippen LogP contribution in [-0.4, -0.2) is 42.7 Å². The fraction of sp³-hybridized carbons (Fsp3) is 0.500. The molecular formula is C12H16N4O3S. The van der Waals surface area contributed by atoms with Crippen LogP contribution in [-0.2, 0) is 11.3 Å². The largest absolute Gasteiger partial charge is 0.480 e. The standard InChI is InChI=1S/C12H16N4O3S/c1-4-15(12(2,3)10(18)19)6-8-5-9(17)16-11(14-8)20-7-13-16/h5,7H,4,6H2,1-3H3,(H,18,19). The van der Waals surface area contributed by atoms with Crippen LogP contribution in [0.2, 0.25) is 0 Å². The van der Waals surface area contributed by atoms with Gasteiger partial charge in [0.05, 0.1) is 5.69 Å². The Bertz CT molecular complexity index is 691. The van der Waals surface area contributed by atoms with Gasteiger partial charge in [-0.25, -0.2) is 4.98 Å². The average Bonchev–Trinajstić information content (AvgIpc) is 2.84. The van der Waals surface area contributed by atoms with E-state index in [1.807, 2.05) is 6.92 Å². The highest BCUT2D eigenvalue weighted by Crippen LogP contribution is 2.17. The van der Waals surface area contributed by atoms with E-state index < -0.39 is 11.5 Å². The van der Waals surface area contributed by atoms with Crippen molar-refractivity contribution in [2.75, 3.05) is 6.54 Å². The topological polar surface area (TPSA) is 87.8 Å². The van der Waals surface area contributed by atoms with Crippen LogP contribution in [0.3, 0.4) is 0 Å². The van der Waals surface area contributed by atoms with Crippen molar-refractivity contribution >= 4 is 22.3 Å². The lowest BCUT2D eigenvalue weighted by Gasteiger charge is -2.33. The smallest absolute Gasteiger partial charge is 0.323 e. The lowest BCUT2D eigenvalue weighted by Crippen LogP contribution is -2.49. The summed E-state index contributed by atoms with van der Waals surface area (Å²) in [5.41, 5.74) is 0.826. The minimum atomic E-state index is -1.02. The lowest BCUT2D eigenvalue weighted by atomic mass is 10.0. The van der Waals surface area contributed by atoms with E-state index in [0.717, 1.165) is 0 Å². The SMILES string of the molecule is CCN(Cc1cc(=O)n2ncsc2n1)C(C)(C)C(=O)O. The molecular weight excluding hydrogens is 280 g/mol. The van der Waals surface area contributed by atoms with E-state index in [1.165, 1.54) is 21.9 Å². The van der Waals surface area contributed by atoms with Gasteiger partial charge in [-0.2, -0.15) is 9.61 Å². The molecule has 0 amide bonds. The van der Waals surface area contributed by atoms with Crippen LogP contribution in [0, 0.1) is 0 Å². The van der Waals surface area contributed by atoms with Gasteiger partial charge in [0, 0.05) is 12.6 Å². The van der Waals surface area contributed by atoms with Crippen molar-refractivity contribution in [3.05, 3.63) is 27.6 Å². The molecule has 20 heavy (non-hydrogen) atoms. The van der Waals surface area contributed by atoms with Crippen LogP contribution in [0.25, 0.3) is 4.96 Å². The van der Waals surface area contributed by atoms with Crippen LogP contribution in [0.4, 0.5) is 0 Å². The van der Waals surface area contributed by atoms with Crippen LogP contribution in [0.15, 0.2) is 16.4 Å². The summed E-state index contributed by atoms with van der Waals surface area (Å²) >= 11 is 1.27. The monoisotopic (exact) mass is 296 g/mol. The zero-order valence-corrected chi connectivity index (χ0v) is 12.3. The molecule has 0 saturated carbocycles. The third-order valence-corrected chi connectivity index (χ3v) is 3.96. The molecule has 0 aliphatic heterocycles. The summed E-state index contributed by atoms with van der Waals surface area (Å²) in [5.74, 6) is -0.907. The average molecular weight is 296 g/mol. The maximum Gasteiger partial charge on any atom is 0.323 e. The summed E-state index contributed by atoms with van der Waals surface area (Å²) in [4.78, 5) is 29.8.